The fraction of sp³-hybridized carbons (Fsp3) is 0.200. The van der Waals surface area contributed by atoms with Crippen molar-refractivity contribution >= 4 is 16.9 Å². The van der Waals surface area contributed by atoms with E-state index in [1.807, 2.05) is 85.8 Å². The van der Waals surface area contributed by atoms with Crippen molar-refractivity contribution in [1.82, 2.24) is 14.5 Å². The summed E-state index contributed by atoms with van der Waals surface area (Å²) in [5, 5.41) is 3.15. The van der Waals surface area contributed by atoms with Gasteiger partial charge in [-0.05, 0) is 30.2 Å². The molecule has 30 heavy (non-hydrogen) atoms. The van der Waals surface area contributed by atoms with Crippen molar-refractivity contribution in [1.29, 1.82) is 0 Å². The van der Waals surface area contributed by atoms with Crippen LogP contribution in [0.3, 0.4) is 0 Å². The Morgan fingerprint density at radius 3 is 2.17 bits per heavy atom. The number of aromatic nitrogens is 2. The topological polar surface area (TPSA) is 56.0 Å². The Balaban J connectivity index is 1.55. The molecule has 0 saturated carbocycles. The van der Waals surface area contributed by atoms with E-state index in [4.69, 9.17) is 0 Å². The molecule has 152 valence electrons. The summed E-state index contributed by atoms with van der Waals surface area (Å²) < 4.78 is 3.28. The summed E-state index contributed by atoms with van der Waals surface area (Å²) >= 11 is 0. The van der Waals surface area contributed by atoms with Crippen LogP contribution in [0, 0.1) is 6.92 Å². The van der Waals surface area contributed by atoms with E-state index in [9.17, 15) is 9.59 Å². The van der Waals surface area contributed by atoms with E-state index in [0.29, 0.717) is 6.54 Å². The molecule has 3 aromatic carbocycles. The van der Waals surface area contributed by atoms with Crippen LogP contribution in [-0.4, -0.2) is 15.0 Å². The summed E-state index contributed by atoms with van der Waals surface area (Å²) in [5.74, 6) is -0.0933. The maximum atomic E-state index is 12.9. The summed E-state index contributed by atoms with van der Waals surface area (Å²) in [6.45, 7) is 2.38. The van der Waals surface area contributed by atoms with Crippen molar-refractivity contribution in [2.45, 2.75) is 25.9 Å². The zero-order valence-corrected chi connectivity index (χ0v) is 17.2. The van der Waals surface area contributed by atoms with Crippen LogP contribution < -0.4 is 11.0 Å². The third kappa shape index (κ3) is 3.92. The highest BCUT2D eigenvalue weighted by molar-refractivity contribution is 5.78. The highest BCUT2D eigenvalue weighted by atomic mass is 16.2. The lowest BCUT2D eigenvalue weighted by molar-refractivity contribution is -0.121. The summed E-state index contributed by atoms with van der Waals surface area (Å²) in [7, 11) is 1.75. The fourth-order valence-corrected chi connectivity index (χ4v) is 3.79. The number of nitrogens with one attached hydrogen (secondary N) is 1. The second-order valence-electron chi connectivity index (χ2n) is 7.55. The molecule has 5 nitrogen and oxygen atoms in total. The third-order valence-corrected chi connectivity index (χ3v) is 5.46. The Morgan fingerprint density at radius 2 is 1.47 bits per heavy atom. The molecule has 4 aromatic rings. The normalized spacial score (nSPS) is 12.1. The summed E-state index contributed by atoms with van der Waals surface area (Å²) in [6.07, 6.45) is 0.225. The number of carbonyl (C=O) groups is 1. The van der Waals surface area contributed by atoms with Gasteiger partial charge in [-0.25, -0.2) is 4.79 Å². The summed E-state index contributed by atoms with van der Waals surface area (Å²) in [6, 6.07) is 25.5. The molecule has 1 atom stereocenters. The average molecular weight is 399 g/mol. The molecule has 0 spiro atoms. The van der Waals surface area contributed by atoms with Gasteiger partial charge < -0.3 is 5.32 Å². The molecule has 0 bridgehead atoms. The van der Waals surface area contributed by atoms with E-state index in [1.165, 1.54) is 5.56 Å². The molecule has 0 aliphatic rings. The molecule has 1 aromatic heterocycles. The fourth-order valence-electron chi connectivity index (χ4n) is 3.79. The number of para-hydroxylation sites is 2. The average Bonchev–Trinajstić information content (AvgIpc) is 3.02. The molecule has 0 saturated heterocycles. The molecule has 4 rings (SSSR count). The lowest BCUT2D eigenvalue weighted by Gasteiger charge is -2.20. The van der Waals surface area contributed by atoms with Crippen LogP contribution >= 0.6 is 0 Å². The predicted octanol–water partition coefficient (Wildman–Crippen LogP) is 3.94. The van der Waals surface area contributed by atoms with Gasteiger partial charge in [-0.3, -0.25) is 13.9 Å². The Kier molecular flexibility index (Phi) is 5.53. The first kappa shape index (κ1) is 19.7. The number of imidazole rings is 1. The molecule has 1 heterocycles. The van der Waals surface area contributed by atoms with Gasteiger partial charge in [0.1, 0.15) is 0 Å². The van der Waals surface area contributed by atoms with E-state index < -0.39 is 0 Å². The Labute approximate surface area is 175 Å². The van der Waals surface area contributed by atoms with Gasteiger partial charge in [0.25, 0.3) is 0 Å². The van der Waals surface area contributed by atoms with Gasteiger partial charge >= 0.3 is 5.69 Å². The van der Waals surface area contributed by atoms with Crippen LogP contribution in [0.5, 0.6) is 0 Å². The van der Waals surface area contributed by atoms with Crippen LogP contribution in [0.25, 0.3) is 11.0 Å². The van der Waals surface area contributed by atoms with Gasteiger partial charge in [0.2, 0.25) is 5.91 Å². The lowest BCUT2D eigenvalue weighted by atomic mass is 9.97. The molecule has 1 N–H and O–H groups in total. The van der Waals surface area contributed by atoms with Crippen molar-refractivity contribution in [3.8, 4) is 0 Å². The maximum absolute atomic E-state index is 12.9. The van der Waals surface area contributed by atoms with Crippen LogP contribution in [0.4, 0.5) is 0 Å². The molecule has 0 aliphatic heterocycles. The number of fused-ring (bicyclic) bond motifs is 1. The number of rotatable bonds is 6. The first-order valence-corrected chi connectivity index (χ1v) is 10.1. The maximum Gasteiger partial charge on any atom is 0.328 e. The van der Waals surface area contributed by atoms with Gasteiger partial charge in [0.05, 0.1) is 17.1 Å². The molecule has 0 fully saturated rings. The number of hydrogen-bond donors (Lipinski definition) is 1. The van der Waals surface area contributed by atoms with Gasteiger partial charge in [-0.2, -0.15) is 0 Å². The van der Waals surface area contributed by atoms with Crippen LogP contribution in [0.1, 0.15) is 29.2 Å². The number of nitrogens with zero attached hydrogens (tertiary/aromatic N) is 2. The first-order chi connectivity index (χ1) is 14.5. The Bertz CT molecular complexity index is 1220. The zero-order valence-electron chi connectivity index (χ0n) is 17.2. The van der Waals surface area contributed by atoms with E-state index in [2.05, 4.69) is 5.32 Å². The lowest BCUT2D eigenvalue weighted by Crippen LogP contribution is -2.31. The highest BCUT2D eigenvalue weighted by Gasteiger charge is 2.18. The quantitative estimate of drug-likeness (QED) is 0.534. The van der Waals surface area contributed by atoms with E-state index in [1.54, 1.807) is 16.2 Å². The van der Waals surface area contributed by atoms with Crippen molar-refractivity contribution < 1.29 is 4.79 Å². The number of carbonyl (C=O) groups excluding carboxylic acids is 1. The van der Waals surface area contributed by atoms with Gasteiger partial charge in [0, 0.05) is 20.0 Å². The predicted molar refractivity (Wildman–Crippen MR) is 119 cm³/mol. The van der Waals surface area contributed by atoms with Crippen molar-refractivity contribution in [2.75, 3.05) is 0 Å². The Morgan fingerprint density at radius 1 is 0.867 bits per heavy atom. The first-order valence-electron chi connectivity index (χ1n) is 10.1. The minimum Gasteiger partial charge on any atom is -0.345 e. The minimum atomic E-state index is -0.233. The summed E-state index contributed by atoms with van der Waals surface area (Å²) in [4.78, 5) is 25.5. The standard InChI is InChI=1S/C25H25N3O2/c1-18-12-14-20(15-13-18)24(19-8-4-3-5-9-19)26-23(29)16-17-28-22-11-7-6-10-21(22)27(2)25(28)30/h3-15,24H,16-17H2,1-2H3,(H,26,29). The van der Waals surface area contributed by atoms with Crippen LogP contribution in [-0.2, 0) is 18.4 Å². The van der Waals surface area contributed by atoms with Crippen molar-refractivity contribution in [3.63, 3.8) is 0 Å². The van der Waals surface area contributed by atoms with Gasteiger partial charge in [-0.15, -0.1) is 0 Å². The minimum absolute atomic E-state index is 0.0933. The van der Waals surface area contributed by atoms with Crippen molar-refractivity contribution in [2.24, 2.45) is 7.05 Å². The monoisotopic (exact) mass is 399 g/mol. The van der Waals surface area contributed by atoms with Gasteiger partial charge in [-0.1, -0.05) is 72.3 Å². The zero-order chi connectivity index (χ0) is 21.1. The van der Waals surface area contributed by atoms with Crippen molar-refractivity contribution in [3.05, 3.63) is 106 Å². The van der Waals surface area contributed by atoms with E-state index in [0.717, 1.165) is 22.2 Å². The molecule has 0 aliphatic carbocycles. The number of benzene rings is 3. The number of hydrogen-bond acceptors (Lipinski definition) is 2. The largest absolute Gasteiger partial charge is 0.345 e. The molecular weight excluding hydrogens is 374 g/mol. The smallest absolute Gasteiger partial charge is 0.328 e. The third-order valence-electron chi connectivity index (χ3n) is 5.46. The van der Waals surface area contributed by atoms with E-state index in [-0.39, 0.29) is 24.1 Å². The second kappa shape index (κ2) is 8.41. The molecule has 1 unspecified atom stereocenters. The Hall–Kier alpha value is -3.60. The highest BCUT2D eigenvalue weighted by Crippen LogP contribution is 2.22. The molecule has 0 radical (unpaired) electrons. The van der Waals surface area contributed by atoms with Crippen LogP contribution in [0.15, 0.2) is 83.7 Å². The number of aryl methyl sites for hydroxylation is 3. The van der Waals surface area contributed by atoms with Gasteiger partial charge in [0.15, 0.2) is 0 Å². The number of amides is 1. The second-order valence-corrected chi connectivity index (χ2v) is 7.55. The summed E-state index contributed by atoms with van der Waals surface area (Å²) in [5.41, 5.74) is 4.83. The van der Waals surface area contributed by atoms with E-state index >= 15 is 0 Å². The molecular formula is C25H25N3O2. The molecule has 1 amide bonds. The SMILES string of the molecule is Cc1ccc(C(NC(=O)CCn2c(=O)n(C)c3ccccc32)c2ccccc2)cc1. The van der Waals surface area contributed by atoms with Crippen LogP contribution in [0.2, 0.25) is 0 Å². The molecule has 5 heteroatoms.